The second kappa shape index (κ2) is 5.52. The van der Waals surface area contributed by atoms with Crippen molar-refractivity contribution in [2.45, 2.75) is 20.4 Å². The van der Waals surface area contributed by atoms with Crippen LogP contribution in [0.3, 0.4) is 0 Å². The zero-order valence-corrected chi connectivity index (χ0v) is 12.3. The molecule has 0 fully saturated rings. The molecule has 0 spiro atoms. The molecule has 0 aliphatic heterocycles. The van der Waals surface area contributed by atoms with Crippen molar-refractivity contribution in [1.82, 2.24) is 9.97 Å². The van der Waals surface area contributed by atoms with Crippen molar-refractivity contribution in [2.75, 3.05) is 11.1 Å². The molecule has 2 rings (SSSR count). The van der Waals surface area contributed by atoms with Crippen molar-refractivity contribution in [3.8, 4) is 0 Å². The van der Waals surface area contributed by atoms with Gasteiger partial charge in [0.15, 0.2) is 0 Å². The molecule has 3 N–H and O–H groups in total. The summed E-state index contributed by atoms with van der Waals surface area (Å²) in [6.07, 6.45) is 1.39. The second-order valence-corrected chi connectivity index (χ2v) is 5.11. The van der Waals surface area contributed by atoms with Gasteiger partial charge in [-0.05, 0) is 46.5 Å². The molecule has 0 amide bonds. The van der Waals surface area contributed by atoms with E-state index in [-0.39, 0.29) is 5.82 Å². The Bertz CT molecular complexity index is 593. The standard InChI is InChI=1S/C13H14BrFN4/c1-7-3-9(4-8(2)11(7)15)5-17-13-10(14)12(16)18-6-19-13/h3-4,6H,5H2,1-2H3,(H3,16,17,18,19). The molecule has 0 bridgehead atoms. The number of hydrogen-bond acceptors (Lipinski definition) is 4. The highest BCUT2D eigenvalue weighted by Gasteiger charge is 2.07. The third-order valence-electron chi connectivity index (χ3n) is 2.77. The van der Waals surface area contributed by atoms with Crippen molar-refractivity contribution in [2.24, 2.45) is 0 Å². The summed E-state index contributed by atoms with van der Waals surface area (Å²) in [4.78, 5) is 7.96. The predicted molar refractivity (Wildman–Crippen MR) is 77.3 cm³/mol. The molecule has 0 saturated heterocycles. The summed E-state index contributed by atoms with van der Waals surface area (Å²) in [6.45, 7) is 4.05. The van der Waals surface area contributed by atoms with Crippen LogP contribution in [0.15, 0.2) is 22.9 Å². The summed E-state index contributed by atoms with van der Waals surface area (Å²) in [5.41, 5.74) is 7.93. The van der Waals surface area contributed by atoms with Crippen molar-refractivity contribution in [3.63, 3.8) is 0 Å². The van der Waals surface area contributed by atoms with Crippen molar-refractivity contribution >= 4 is 27.6 Å². The molecule has 0 atom stereocenters. The molecule has 4 nitrogen and oxygen atoms in total. The average Bonchev–Trinajstić information content (AvgIpc) is 2.37. The van der Waals surface area contributed by atoms with E-state index < -0.39 is 0 Å². The van der Waals surface area contributed by atoms with E-state index in [4.69, 9.17) is 5.73 Å². The number of aryl methyl sites for hydroxylation is 2. The van der Waals surface area contributed by atoms with Crippen molar-refractivity contribution < 1.29 is 4.39 Å². The number of benzene rings is 1. The van der Waals surface area contributed by atoms with E-state index in [1.165, 1.54) is 6.33 Å². The fourth-order valence-electron chi connectivity index (χ4n) is 1.83. The van der Waals surface area contributed by atoms with E-state index in [1.54, 1.807) is 13.8 Å². The van der Waals surface area contributed by atoms with Crippen LogP contribution in [0.25, 0.3) is 0 Å². The molecule has 1 aromatic heterocycles. The summed E-state index contributed by atoms with van der Waals surface area (Å²) < 4.78 is 14.2. The minimum absolute atomic E-state index is 0.156. The van der Waals surface area contributed by atoms with Crippen LogP contribution in [-0.4, -0.2) is 9.97 Å². The summed E-state index contributed by atoms with van der Waals surface area (Å²) in [5, 5.41) is 3.14. The molecule has 1 aromatic carbocycles. The van der Waals surface area contributed by atoms with Gasteiger partial charge >= 0.3 is 0 Å². The number of nitrogen functional groups attached to an aromatic ring is 1. The first-order chi connectivity index (χ1) is 8.99. The molecular formula is C13H14BrFN4. The number of nitrogens with two attached hydrogens (primary N) is 1. The number of nitrogens with one attached hydrogen (secondary N) is 1. The lowest BCUT2D eigenvalue weighted by Gasteiger charge is -2.10. The molecular weight excluding hydrogens is 311 g/mol. The first-order valence-corrected chi connectivity index (χ1v) is 6.54. The minimum Gasteiger partial charge on any atom is -0.383 e. The van der Waals surface area contributed by atoms with Gasteiger partial charge in [0, 0.05) is 6.54 Å². The van der Waals surface area contributed by atoms with Crippen LogP contribution in [0.5, 0.6) is 0 Å². The molecule has 100 valence electrons. The summed E-state index contributed by atoms with van der Waals surface area (Å²) in [6, 6.07) is 3.63. The molecule has 2 aromatic rings. The van der Waals surface area contributed by atoms with Crippen molar-refractivity contribution in [3.05, 3.63) is 45.4 Å². The monoisotopic (exact) mass is 324 g/mol. The Morgan fingerprint density at radius 1 is 1.26 bits per heavy atom. The van der Waals surface area contributed by atoms with Gasteiger partial charge in [-0.2, -0.15) is 0 Å². The molecule has 19 heavy (non-hydrogen) atoms. The molecule has 0 unspecified atom stereocenters. The van der Waals surface area contributed by atoms with Crippen molar-refractivity contribution in [1.29, 1.82) is 0 Å². The Hall–Kier alpha value is -1.69. The Labute approximate surface area is 119 Å². The van der Waals surface area contributed by atoms with Gasteiger partial charge in [-0.25, -0.2) is 14.4 Å². The number of aromatic nitrogens is 2. The van der Waals surface area contributed by atoms with Gasteiger partial charge in [-0.15, -0.1) is 0 Å². The van der Waals surface area contributed by atoms with Gasteiger partial charge in [-0.3, -0.25) is 0 Å². The van der Waals surface area contributed by atoms with Crippen LogP contribution in [-0.2, 0) is 6.54 Å². The minimum atomic E-state index is -0.156. The molecule has 0 radical (unpaired) electrons. The highest BCUT2D eigenvalue weighted by atomic mass is 79.9. The lowest BCUT2D eigenvalue weighted by molar-refractivity contribution is 0.608. The number of anilines is 2. The van der Waals surface area contributed by atoms with E-state index in [9.17, 15) is 4.39 Å². The Kier molecular flexibility index (Phi) is 3.99. The molecule has 0 saturated carbocycles. The fraction of sp³-hybridized carbons (Fsp3) is 0.231. The molecule has 0 aliphatic rings. The van der Waals surface area contributed by atoms with E-state index in [2.05, 4.69) is 31.2 Å². The number of halogens is 2. The molecule has 1 heterocycles. The van der Waals surface area contributed by atoms with Crippen LogP contribution in [0, 0.1) is 19.7 Å². The second-order valence-electron chi connectivity index (χ2n) is 4.32. The largest absolute Gasteiger partial charge is 0.383 e. The maximum absolute atomic E-state index is 13.5. The topological polar surface area (TPSA) is 63.8 Å². The molecule has 0 aliphatic carbocycles. The summed E-state index contributed by atoms with van der Waals surface area (Å²) in [7, 11) is 0. The van der Waals surface area contributed by atoms with Crippen LogP contribution in [0.1, 0.15) is 16.7 Å². The predicted octanol–water partition coefficient (Wildman–Crippen LogP) is 3.19. The molecule has 6 heteroatoms. The van der Waals surface area contributed by atoms with Gasteiger partial charge < -0.3 is 11.1 Å². The van der Waals surface area contributed by atoms with Crippen LogP contribution < -0.4 is 11.1 Å². The quantitative estimate of drug-likeness (QED) is 0.910. The lowest BCUT2D eigenvalue weighted by Crippen LogP contribution is -2.05. The number of nitrogens with zero attached hydrogens (tertiary/aromatic N) is 2. The van der Waals surface area contributed by atoms with E-state index >= 15 is 0 Å². The first-order valence-electron chi connectivity index (χ1n) is 5.74. The maximum atomic E-state index is 13.5. The van der Waals surface area contributed by atoms with E-state index in [1.807, 2.05) is 12.1 Å². The van der Waals surface area contributed by atoms with Gasteiger partial charge in [-0.1, -0.05) is 12.1 Å². The van der Waals surface area contributed by atoms with Crippen LogP contribution >= 0.6 is 15.9 Å². The van der Waals surface area contributed by atoms with Gasteiger partial charge in [0.25, 0.3) is 0 Å². The van der Waals surface area contributed by atoms with E-state index in [0.29, 0.717) is 33.8 Å². The van der Waals surface area contributed by atoms with Crippen LogP contribution in [0.4, 0.5) is 16.0 Å². The zero-order chi connectivity index (χ0) is 14.0. The van der Waals surface area contributed by atoms with Gasteiger partial charge in [0.1, 0.15) is 28.3 Å². The SMILES string of the molecule is Cc1cc(CNc2ncnc(N)c2Br)cc(C)c1F. The zero-order valence-electron chi connectivity index (χ0n) is 10.7. The number of rotatable bonds is 3. The van der Waals surface area contributed by atoms with Crippen LogP contribution in [0.2, 0.25) is 0 Å². The lowest BCUT2D eigenvalue weighted by atomic mass is 10.1. The average molecular weight is 325 g/mol. The van der Waals surface area contributed by atoms with Gasteiger partial charge in [0.05, 0.1) is 0 Å². The highest BCUT2D eigenvalue weighted by molar-refractivity contribution is 9.10. The smallest absolute Gasteiger partial charge is 0.146 e. The summed E-state index contributed by atoms with van der Waals surface area (Å²) >= 11 is 3.32. The Morgan fingerprint density at radius 2 is 1.89 bits per heavy atom. The maximum Gasteiger partial charge on any atom is 0.146 e. The highest BCUT2D eigenvalue weighted by Crippen LogP contribution is 2.24. The normalized spacial score (nSPS) is 10.5. The third kappa shape index (κ3) is 3.01. The first kappa shape index (κ1) is 13.7. The van der Waals surface area contributed by atoms with Gasteiger partial charge in [0.2, 0.25) is 0 Å². The Balaban J connectivity index is 2.17. The fourth-order valence-corrected chi connectivity index (χ4v) is 2.18. The van der Waals surface area contributed by atoms with E-state index in [0.717, 1.165) is 5.56 Å². The Morgan fingerprint density at radius 3 is 2.53 bits per heavy atom. The summed E-state index contributed by atoms with van der Waals surface area (Å²) in [5.74, 6) is 0.840. The number of hydrogen-bond donors (Lipinski definition) is 2. The third-order valence-corrected chi connectivity index (χ3v) is 3.55.